The van der Waals surface area contributed by atoms with E-state index in [1.807, 2.05) is 19.9 Å². The highest BCUT2D eigenvalue weighted by Crippen LogP contribution is 2.13. The van der Waals surface area contributed by atoms with Crippen LogP contribution < -0.4 is 5.32 Å². The number of rotatable bonds is 6. The molecule has 0 spiro atoms. The van der Waals surface area contributed by atoms with E-state index in [1.54, 1.807) is 0 Å². The molecule has 0 saturated heterocycles. The molecule has 1 aromatic rings. The quantitative estimate of drug-likeness (QED) is 0.793. The Hall–Kier alpha value is -0.680. The largest absolute Gasteiger partial charge is 0.391 e. The van der Waals surface area contributed by atoms with Gasteiger partial charge in [-0.25, -0.2) is 9.97 Å². The van der Waals surface area contributed by atoms with E-state index >= 15 is 0 Å². The zero-order valence-electron chi connectivity index (χ0n) is 10.6. The Kier molecular flexibility index (Phi) is 5.85. The van der Waals surface area contributed by atoms with Crippen molar-refractivity contribution in [1.29, 1.82) is 0 Å². The van der Waals surface area contributed by atoms with Crippen LogP contribution >= 0.6 is 15.9 Å². The van der Waals surface area contributed by atoms with Crippen molar-refractivity contribution in [3.8, 4) is 0 Å². The first kappa shape index (κ1) is 14.4. The molecule has 1 unspecified atom stereocenters. The van der Waals surface area contributed by atoms with Gasteiger partial charge in [-0.05, 0) is 28.3 Å². The van der Waals surface area contributed by atoms with Gasteiger partial charge in [-0.15, -0.1) is 0 Å². The summed E-state index contributed by atoms with van der Waals surface area (Å²) in [6.45, 7) is 6.59. The number of nitrogens with zero attached hydrogens (tertiary/aromatic N) is 2. The van der Waals surface area contributed by atoms with Crippen molar-refractivity contribution in [3.05, 3.63) is 16.5 Å². The fourth-order valence-electron chi connectivity index (χ4n) is 1.34. The normalized spacial score (nSPS) is 12.8. The molecular weight excluding hydrogens is 282 g/mol. The average molecular weight is 302 g/mol. The highest BCUT2D eigenvalue weighted by molar-refractivity contribution is 9.10. The molecule has 0 amide bonds. The lowest BCUT2D eigenvalue weighted by Crippen LogP contribution is -2.25. The van der Waals surface area contributed by atoms with E-state index in [4.69, 9.17) is 0 Å². The Morgan fingerprint density at radius 3 is 2.71 bits per heavy atom. The van der Waals surface area contributed by atoms with Crippen LogP contribution in [0.1, 0.15) is 33.0 Å². The Bertz CT molecular complexity index is 358. The zero-order chi connectivity index (χ0) is 12.8. The number of aromatic nitrogens is 2. The van der Waals surface area contributed by atoms with Gasteiger partial charge < -0.3 is 10.4 Å². The lowest BCUT2D eigenvalue weighted by atomic mass is 10.1. The van der Waals surface area contributed by atoms with E-state index in [9.17, 15) is 5.11 Å². The van der Waals surface area contributed by atoms with Crippen molar-refractivity contribution in [1.82, 2.24) is 9.97 Å². The number of anilines is 1. The van der Waals surface area contributed by atoms with Gasteiger partial charge in [-0.2, -0.15) is 0 Å². The first-order valence-corrected chi connectivity index (χ1v) is 6.77. The molecule has 0 aliphatic carbocycles. The van der Waals surface area contributed by atoms with Crippen LogP contribution in [0.25, 0.3) is 0 Å². The molecule has 0 saturated carbocycles. The molecule has 1 atom stereocenters. The van der Waals surface area contributed by atoms with Gasteiger partial charge in [0, 0.05) is 19.0 Å². The maximum absolute atomic E-state index is 9.71. The van der Waals surface area contributed by atoms with Crippen LogP contribution in [-0.4, -0.2) is 27.7 Å². The number of aliphatic hydroxyl groups excluding tert-OH is 1. The summed E-state index contributed by atoms with van der Waals surface area (Å²) >= 11 is 3.37. The number of hydrogen-bond acceptors (Lipinski definition) is 4. The van der Waals surface area contributed by atoms with Crippen molar-refractivity contribution in [2.45, 2.75) is 39.7 Å². The van der Waals surface area contributed by atoms with Crippen LogP contribution in [0.2, 0.25) is 0 Å². The zero-order valence-corrected chi connectivity index (χ0v) is 12.2. The Morgan fingerprint density at radius 2 is 2.12 bits per heavy atom. The molecule has 5 heteroatoms. The summed E-state index contributed by atoms with van der Waals surface area (Å²) in [6.07, 6.45) is 1.52. The predicted octanol–water partition coefficient (Wildman–Crippen LogP) is 2.62. The topological polar surface area (TPSA) is 58.0 Å². The molecule has 0 radical (unpaired) electrons. The monoisotopic (exact) mass is 301 g/mol. The lowest BCUT2D eigenvalue weighted by molar-refractivity contribution is 0.138. The Morgan fingerprint density at radius 1 is 1.41 bits per heavy atom. The fourth-order valence-corrected chi connectivity index (χ4v) is 1.76. The van der Waals surface area contributed by atoms with Gasteiger partial charge in [-0.3, -0.25) is 0 Å². The summed E-state index contributed by atoms with van der Waals surface area (Å²) in [5, 5.41) is 12.8. The minimum atomic E-state index is -0.363. The highest BCUT2D eigenvalue weighted by Gasteiger charge is 2.09. The molecule has 17 heavy (non-hydrogen) atoms. The third kappa shape index (κ3) is 5.00. The van der Waals surface area contributed by atoms with Crippen LogP contribution in [0.3, 0.4) is 0 Å². The second kappa shape index (κ2) is 6.91. The number of halogens is 1. The van der Waals surface area contributed by atoms with E-state index in [1.165, 1.54) is 0 Å². The summed E-state index contributed by atoms with van der Waals surface area (Å²) in [5.41, 5.74) is 0. The summed E-state index contributed by atoms with van der Waals surface area (Å²) in [6, 6.07) is 1.83. The van der Waals surface area contributed by atoms with Crippen molar-refractivity contribution in [3.63, 3.8) is 0 Å². The maximum atomic E-state index is 9.71. The van der Waals surface area contributed by atoms with Crippen LogP contribution in [0.15, 0.2) is 10.7 Å². The molecule has 0 bridgehead atoms. The van der Waals surface area contributed by atoms with Gasteiger partial charge in [0.2, 0.25) is 0 Å². The SMILES string of the molecule is CCCc1nc(Br)cc(NCC(O)C(C)C)n1. The Balaban J connectivity index is 2.64. The second-order valence-electron chi connectivity index (χ2n) is 4.43. The molecule has 0 aromatic carbocycles. The molecule has 0 aliphatic rings. The molecule has 96 valence electrons. The summed E-state index contributed by atoms with van der Waals surface area (Å²) in [7, 11) is 0. The standard InChI is InChI=1S/C12H20BrN3O/c1-4-5-11-15-10(13)6-12(16-11)14-7-9(17)8(2)3/h6,8-9,17H,4-5,7H2,1-3H3,(H,14,15,16). The fraction of sp³-hybridized carbons (Fsp3) is 0.667. The average Bonchev–Trinajstić information content (AvgIpc) is 2.25. The summed E-state index contributed by atoms with van der Waals surface area (Å²) in [5.74, 6) is 1.82. The van der Waals surface area contributed by atoms with Crippen molar-refractivity contribution < 1.29 is 5.11 Å². The van der Waals surface area contributed by atoms with Crippen LogP contribution in [0, 0.1) is 5.92 Å². The number of nitrogens with one attached hydrogen (secondary N) is 1. The molecule has 2 N–H and O–H groups in total. The minimum absolute atomic E-state index is 0.239. The minimum Gasteiger partial charge on any atom is -0.391 e. The van der Waals surface area contributed by atoms with Gasteiger partial charge in [0.1, 0.15) is 16.2 Å². The molecule has 1 heterocycles. The third-order valence-corrected chi connectivity index (χ3v) is 2.88. The first-order valence-electron chi connectivity index (χ1n) is 5.98. The third-order valence-electron chi connectivity index (χ3n) is 2.48. The van der Waals surface area contributed by atoms with Crippen molar-refractivity contribution >= 4 is 21.7 Å². The summed E-state index contributed by atoms with van der Waals surface area (Å²) < 4.78 is 0.775. The van der Waals surface area contributed by atoms with Crippen LogP contribution in [0.4, 0.5) is 5.82 Å². The van der Waals surface area contributed by atoms with Gasteiger partial charge in [-0.1, -0.05) is 20.8 Å². The van der Waals surface area contributed by atoms with E-state index in [0.29, 0.717) is 6.54 Å². The summed E-state index contributed by atoms with van der Waals surface area (Å²) in [4.78, 5) is 8.68. The van der Waals surface area contributed by atoms with Crippen molar-refractivity contribution in [2.24, 2.45) is 5.92 Å². The molecule has 1 rings (SSSR count). The molecule has 0 aliphatic heterocycles. The van der Waals surface area contributed by atoms with Gasteiger partial charge in [0.25, 0.3) is 0 Å². The molecule has 1 aromatic heterocycles. The maximum Gasteiger partial charge on any atom is 0.132 e. The highest BCUT2D eigenvalue weighted by atomic mass is 79.9. The number of hydrogen-bond donors (Lipinski definition) is 2. The van der Waals surface area contributed by atoms with Crippen LogP contribution in [-0.2, 0) is 6.42 Å². The molecule has 4 nitrogen and oxygen atoms in total. The van der Waals surface area contributed by atoms with Gasteiger partial charge >= 0.3 is 0 Å². The van der Waals surface area contributed by atoms with E-state index in [2.05, 4.69) is 38.1 Å². The Labute approximate surface area is 111 Å². The molecular formula is C12H20BrN3O. The van der Waals surface area contributed by atoms with Crippen LogP contribution in [0.5, 0.6) is 0 Å². The van der Waals surface area contributed by atoms with Gasteiger partial charge in [0.05, 0.1) is 6.10 Å². The van der Waals surface area contributed by atoms with E-state index in [0.717, 1.165) is 29.1 Å². The lowest BCUT2D eigenvalue weighted by Gasteiger charge is -2.15. The van der Waals surface area contributed by atoms with E-state index in [-0.39, 0.29) is 12.0 Å². The van der Waals surface area contributed by atoms with Crippen molar-refractivity contribution in [2.75, 3.05) is 11.9 Å². The number of aryl methyl sites for hydroxylation is 1. The van der Waals surface area contributed by atoms with E-state index < -0.39 is 0 Å². The molecule has 0 fully saturated rings. The smallest absolute Gasteiger partial charge is 0.132 e. The second-order valence-corrected chi connectivity index (χ2v) is 5.25. The first-order chi connectivity index (χ1) is 8.02. The number of aliphatic hydroxyl groups is 1. The predicted molar refractivity (Wildman–Crippen MR) is 73.1 cm³/mol. The van der Waals surface area contributed by atoms with Gasteiger partial charge in [0.15, 0.2) is 0 Å².